The molecule has 164 valence electrons. The van der Waals surface area contributed by atoms with Gasteiger partial charge in [-0.05, 0) is 50.9 Å². The van der Waals surface area contributed by atoms with Crippen LogP contribution in [0.3, 0.4) is 0 Å². The Kier molecular flexibility index (Phi) is 6.25. The Bertz CT molecular complexity index is 1530. The van der Waals surface area contributed by atoms with E-state index in [9.17, 15) is 10.1 Å². The van der Waals surface area contributed by atoms with Crippen molar-refractivity contribution in [2.45, 2.75) is 18.3 Å². The van der Waals surface area contributed by atoms with Gasteiger partial charge in [0.1, 0.15) is 0 Å². The van der Waals surface area contributed by atoms with Gasteiger partial charge in [-0.2, -0.15) is 5.26 Å². The molecule has 0 amide bonds. The van der Waals surface area contributed by atoms with Gasteiger partial charge >= 0.3 is 0 Å². The van der Waals surface area contributed by atoms with Crippen LogP contribution in [0.1, 0.15) is 39.7 Å². The van der Waals surface area contributed by atoms with Crippen molar-refractivity contribution in [1.29, 1.82) is 5.26 Å². The van der Waals surface area contributed by atoms with E-state index in [4.69, 9.17) is 0 Å². The predicted octanol–water partition coefficient (Wildman–Crippen LogP) is 8.42. The minimum atomic E-state index is -0.461. The number of Topliss-reactive ketones (excluding diaryl/α,β-unsaturated/α-hetero) is 1. The van der Waals surface area contributed by atoms with Crippen LogP contribution < -0.4 is 0 Å². The number of nitriles is 1. The van der Waals surface area contributed by atoms with Crippen molar-refractivity contribution >= 4 is 43.3 Å². The van der Waals surface area contributed by atoms with Crippen LogP contribution in [0.25, 0.3) is 21.5 Å². The fourth-order valence-corrected chi connectivity index (χ4v) is 4.98. The molecule has 5 rings (SSSR count). The van der Waals surface area contributed by atoms with Crippen molar-refractivity contribution in [3.8, 4) is 6.07 Å². The Morgan fingerprint density at radius 1 is 0.765 bits per heavy atom. The summed E-state index contributed by atoms with van der Waals surface area (Å²) in [6, 6.07) is 38.6. The molecule has 2 atom stereocenters. The molecular weight excluding hydrogens is 482 g/mol. The van der Waals surface area contributed by atoms with Crippen molar-refractivity contribution in [3.05, 3.63) is 130 Å². The maximum absolute atomic E-state index is 13.5. The van der Waals surface area contributed by atoms with E-state index in [2.05, 4.69) is 40.2 Å². The van der Waals surface area contributed by atoms with Gasteiger partial charge in [0.25, 0.3) is 0 Å². The summed E-state index contributed by atoms with van der Waals surface area (Å²) in [6.07, 6.45) is 0.251. The van der Waals surface area contributed by atoms with Crippen molar-refractivity contribution in [1.82, 2.24) is 0 Å². The highest BCUT2D eigenvalue weighted by atomic mass is 79.9. The number of fused-ring (bicyclic) bond motifs is 2. The van der Waals surface area contributed by atoms with Gasteiger partial charge in [0.15, 0.2) is 5.78 Å². The first kappa shape index (κ1) is 22.1. The SMILES string of the molecule is N#CC(c1cccc2ccccc12)C(CC(=O)c1ccc2ccccc2c1)c1ccc(Br)cc1. The number of benzene rings is 5. The molecule has 0 fully saturated rings. The van der Waals surface area contributed by atoms with Gasteiger partial charge in [-0.25, -0.2) is 0 Å². The van der Waals surface area contributed by atoms with Gasteiger partial charge < -0.3 is 0 Å². The zero-order valence-corrected chi connectivity index (χ0v) is 20.1. The van der Waals surface area contributed by atoms with Crippen LogP contribution in [0.4, 0.5) is 0 Å². The normalized spacial score (nSPS) is 12.8. The lowest BCUT2D eigenvalue weighted by atomic mass is 9.77. The number of ketones is 1. The summed E-state index contributed by atoms with van der Waals surface area (Å²) in [7, 11) is 0. The highest BCUT2D eigenvalue weighted by molar-refractivity contribution is 9.10. The van der Waals surface area contributed by atoms with Crippen LogP contribution in [0.2, 0.25) is 0 Å². The molecular formula is C31H22BrNO. The van der Waals surface area contributed by atoms with Crippen molar-refractivity contribution in [3.63, 3.8) is 0 Å². The lowest BCUT2D eigenvalue weighted by Gasteiger charge is -2.24. The molecule has 0 saturated carbocycles. The molecule has 0 aliphatic carbocycles. The Morgan fingerprint density at radius 3 is 2.21 bits per heavy atom. The third-order valence-electron chi connectivity index (χ3n) is 6.47. The molecule has 0 N–H and O–H groups in total. The molecule has 0 radical (unpaired) electrons. The van der Waals surface area contributed by atoms with Crippen LogP contribution >= 0.6 is 15.9 Å². The fourth-order valence-electron chi connectivity index (χ4n) is 4.72. The second-order valence-electron chi connectivity index (χ2n) is 8.52. The van der Waals surface area contributed by atoms with E-state index in [-0.39, 0.29) is 18.1 Å². The number of rotatable bonds is 6. The summed E-state index contributed by atoms with van der Waals surface area (Å²) >= 11 is 3.50. The quantitative estimate of drug-likeness (QED) is 0.218. The summed E-state index contributed by atoms with van der Waals surface area (Å²) in [5.41, 5.74) is 2.62. The Balaban J connectivity index is 1.57. The van der Waals surface area contributed by atoms with Gasteiger partial charge in [-0.15, -0.1) is 0 Å². The Morgan fingerprint density at radius 2 is 1.44 bits per heavy atom. The maximum atomic E-state index is 13.5. The lowest BCUT2D eigenvalue weighted by Crippen LogP contribution is -2.15. The largest absolute Gasteiger partial charge is 0.294 e. The van der Waals surface area contributed by atoms with Crippen molar-refractivity contribution < 1.29 is 4.79 Å². The van der Waals surface area contributed by atoms with E-state index in [0.717, 1.165) is 37.1 Å². The van der Waals surface area contributed by atoms with Crippen LogP contribution in [0, 0.1) is 11.3 Å². The summed E-state index contributed by atoms with van der Waals surface area (Å²) in [4.78, 5) is 13.5. The Labute approximate surface area is 207 Å². The molecule has 0 heterocycles. The molecule has 0 spiro atoms. The molecule has 5 aromatic carbocycles. The minimum Gasteiger partial charge on any atom is -0.294 e. The summed E-state index contributed by atoms with van der Waals surface area (Å²) < 4.78 is 0.967. The van der Waals surface area contributed by atoms with E-state index in [0.29, 0.717) is 5.56 Å². The number of hydrogen-bond acceptors (Lipinski definition) is 2. The topological polar surface area (TPSA) is 40.9 Å². The molecule has 2 nitrogen and oxygen atoms in total. The fraction of sp³-hybridized carbons (Fsp3) is 0.0968. The van der Waals surface area contributed by atoms with E-state index < -0.39 is 5.92 Å². The van der Waals surface area contributed by atoms with E-state index in [1.165, 1.54) is 0 Å². The second kappa shape index (κ2) is 9.63. The van der Waals surface area contributed by atoms with Gasteiger partial charge in [0, 0.05) is 22.4 Å². The zero-order valence-electron chi connectivity index (χ0n) is 18.5. The standard InChI is InChI=1S/C31H22BrNO/c32-26-16-14-23(15-17-26)29(19-31(34)25-13-12-21-6-1-2-8-24(21)18-25)30(20-33)28-11-5-9-22-7-3-4-10-27(22)28/h1-18,29-30H,19H2. The molecule has 34 heavy (non-hydrogen) atoms. The molecule has 3 heteroatoms. The average Bonchev–Trinajstić information content (AvgIpc) is 2.89. The number of carbonyl (C=O) groups is 1. The molecule has 0 bridgehead atoms. The van der Waals surface area contributed by atoms with E-state index >= 15 is 0 Å². The van der Waals surface area contributed by atoms with Crippen molar-refractivity contribution in [2.24, 2.45) is 0 Å². The first-order valence-corrected chi connectivity index (χ1v) is 12.1. The first-order chi connectivity index (χ1) is 16.6. The molecule has 0 saturated heterocycles. The molecule has 5 aromatic rings. The average molecular weight is 504 g/mol. The molecule has 2 unspecified atom stereocenters. The molecule has 0 aromatic heterocycles. The van der Waals surface area contributed by atoms with Gasteiger partial charge in [0.2, 0.25) is 0 Å². The van der Waals surface area contributed by atoms with E-state index in [1.807, 2.05) is 91.0 Å². The monoisotopic (exact) mass is 503 g/mol. The summed E-state index contributed by atoms with van der Waals surface area (Å²) in [5, 5.41) is 14.7. The molecule has 0 aliphatic rings. The summed E-state index contributed by atoms with van der Waals surface area (Å²) in [5.74, 6) is -0.696. The minimum absolute atomic E-state index is 0.0409. The lowest BCUT2D eigenvalue weighted by molar-refractivity contribution is 0.0972. The third kappa shape index (κ3) is 4.38. The van der Waals surface area contributed by atoms with Crippen LogP contribution in [-0.2, 0) is 0 Å². The van der Waals surface area contributed by atoms with E-state index in [1.54, 1.807) is 0 Å². The van der Waals surface area contributed by atoms with Gasteiger partial charge in [-0.1, -0.05) is 107 Å². The number of nitrogens with zero attached hydrogens (tertiary/aromatic N) is 1. The van der Waals surface area contributed by atoms with Crippen LogP contribution in [-0.4, -0.2) is 5.78 Å². The van der Waals surface area contributed by atoms with Gasteiger partial charge in [0.05, 0.1) is 12.0 Å². The second-order valence-corrected chi connectivity index (χ2v) is 9.44. The highest BCUT2D eigenvalue weighted by Gasteiger charge is 2.29. The van der Waals surface area contributed by atoms with Gasteiger partial charge in [-0.3, -0.25) is 4.79 Å². The zero-order chi connectivity index (χ0) is 23.5. The highest BCUT2D eigenvalue weighted by Crippen LogP contribution is 2.39. The predicted molar refractivity (Wildman–Crippen MR) is 142 cm³/mol. The number of hydrogen-bond donors (Lipinski definition) is 0. The van der Waals surface area contributed by atoms with Crippen molar-refractivity contribution in [2.75, 3.05) is 0 Å². The number of halogens is 1. The third-order valence-corrected chi connectivity index (χ3v) is 7.00. The van der Waals surface area contributed by atoms with Crippen LogP contribution in [0.5, 0.6) is 0 Å². The summed E-state index contributed by atoms with van der Waals surface area (Å²) in [6.45, 7) is 0. The Hall–Kier alpha value is -3.74. The molecule has 0 aliphatic heterocycles. The van der Waals surface area contributed by atoms with Crippen LogP contribution in [0.15, 0.2) is 114 Å². The maximum Gasteiger partial charge on any atom is 0.163 e. The first-order valence-electron chi connectivity index (χ1n) is 11.3. The number of carbonyl (C=O) groups excluding carboxylic acids is 1. The smallest absolute Gasteiger partial charge is 0.163 e.